The van der Waals surface area contributed by atoms with Gasteiger partial charge in [0.05, 0.1) is 9.75 Å². The van der Waals surface area contributed by atoms with Crippen molar-refractivity contribution in [3.63, 3.8) is 0 Å². The second kappa shape index (κ2) is 6.97. The molecule has 2 spiro atoms. The molecule has 8 rings (SSSR count). The van der Waals surface area contributed by atoms with E-state index >= 15 is 0 Å². The quantitative estimate of drug-likeness (QED) is 0.577. The molecule has 188 valence electrons. The number of hydrogen-bond acceptors (Lipinski definition) is 6. The summed E-state index contributed by atoms with van der Waals surface area (Å²) in [6.45, 7) is 5.45. The fraction of sp³-hybridized carbons (Fsp3) is 0.448. The van der Waals surface area contributed by atoms with Crippen LogP contribution in [0.5, 0.6) is 0 Å². The predicted molar refractivity (Wildman–Crippen MR) is 140 cm³/mol. The van der Waals surface area contributed by atoms with Crippen molar-refractivity contribution in [1.82, 2.24) is 9.80 Å². The molecule has 6 aliphatic rings. The van der Waals surface area contributed by atoms with E-state index in [0.29, 0.717) is 31.3 Å². The van der Waals surface area contributed by atoms with Crippen LogP contribution in [0.15, 0.2) is 34.3 Å². The lowest BCUT2D eigenvalue weighted by Crippen LogP contribution is -2.34. The first-order valence-electron chi connectivity index (χ1n) is 13.1. The van der Waals surface area contributed by atoms with Gasteiger partial charge in [-0.15, -0.1) is 22.7 Å². The lowest BCUT2D eigenvalue weighted by molar-refractivity contribution is -0.130. The number of piperidine rings is 2. The standard InChI is InChI=1S/C29H26N2O4S2/c1-14-12-36-26-18(32)6-20-28(24(14)26)8-16(28)10-30(20)22(34)4-3-5-23(35)31-11-17-9-29(17)21(31)7-19(33)27-25(29)15(2)13-37-27/h6-7,12-13,16-17H,3-5,8-11H2,1-2H3/t16-,17-,28?,29?/m1/s1. The zero-order chi connectivity index (χ0) is 25.4. The molecule has 0 radical (unpaired) electrons. The van der Waals surface area contributed by atoms with E-state index in [2.05, 4.69) is 24.6 Å². The van der Waals surface area contributed by atoms with Crippen LogP contribution in [0.1, 0.15) is 73.7 Å². The molecule has 2 aliphatic heterocycles. The highest BCUT2D eigenvalue weighted by Crippen LogP contribution is 2.69. The Balaban J connectivity index is 0.957. The number of likely N-dealkylation sites (tertiary alicyclic amines) is 2. The minimum absolute atomic E-state index is 0.00102. The van der Waals surface area contributed by atoms with Crippen molar-refractivity contribution in [3.05, 3.63) is 66.3 Å². The van der Waals surface area contributed by atoms with Gasteiger partial charge in [-0.2, -0.15) is 0 Å². The molecule has 2 saturated carbocycles. The molecule has 8 heteroatoms. The lowest BCUT2D eigenvalue weighted by atomic mass is 9.84. The fourth-order valence-electron chi connectivity index (χ4n) is 8.00. The molecule has 4 atom stereocenters. The van der Waals surface area contributed by atoms with Gasteiger partial charge in [0.2, 0.25) is 11.8 Å². The Morgan fingerprint density at radius 1 is 0.811 bits per heavy atom. The van der Waals surface area contributed by atoms with Gasteiger partial charge < -0.3 is 9.80 Å². The minimum atomic E-state index is -0.150. The predicted octanol–water partition coefficient (Wildman–Crippen LogP) is 4.66. The van der Waals surface area contributed by atoms with Crippen LogP contribution in [0.25, 0.3) is 0 Å². The van der Waals surface area contributed by atoms with Crippen LogP contribution in [0, 0.1) is 25.7 Å². The lowest BCUT2D eigenvalue weighted by Gasteiger charge is -2.29. The molecule has 4 fully saturated rings. The van der Waals surface area contributed by atoms with Gasteiger partial charge in [0.25, 0.3) is 0 Å². The Kier molecular flexibility index (Phi) is 4.18. The van der Waals surface area contributed by atoms with E-state index in [9.17, 15) is 19.2 Å². The molecule has 0 aromatic carbocycles. The van der Waals surface area contributed by atoms with E-state index in [0.717, 1.165) is 56.2 Å². The van der Waals surface area contributed by atoms with Crippen LogP contribution in [0.3, 0.4) is 0 Å². The van der Waals surface area contributed by atoms with E-state index in [1.54, 1.807) is 12.2 Å². The number of thiophene rings is 2. The van der Waals surface area contributed by atoms with Gasteiger partial charge >= 0.3 is 0 Å². The summed E-state index contributed by atoms with van der Waals surface area (Å²) in [6, 6.07) is 0. The Morgan fingerprint density at radius 3 is 1.68 bits per heavy atom. The number of allylic oxidation sites excluding steroid dienone is 4. The maximum Gasteiger partial charge on any atom is 0.226 e. The summed E-state index contributed by atoms with van der Waals surface area (Å²) in [5, 5.41) is 4.11. The monoisotopic (exact) mass is 530 g/mol. The van der Waals surface area contributed by atoms with Crippen LogP contribution in [-0.2, 0) is 20.4 Å². The maximum atomic E-state index is 13.3. The van der Waals surface area contributed by atoms with Crippen molar-refractivity contribution in [2.75, 3.05) is 13.1 Å². The van der Waals surface area contributed by atoms with E-state index in [1.165, 1.54) is 22.7 Å². The number of aryl methyl sites for hydroxylation is 2. The van der Waals surface area contributed by atoms with Crippen molar-refractivity contribution >= 4 is 46.1 Å². The first kappa shape index (κ1) is 22.2. The zero-order valence-corrected chi connectivity index (χ0v) is 22.4. The van der Waals surface area contributed by atoms with Gasteiger partial charge in [0.15, 0.2) is 11.6 Å². The highest BCUT2D eigenvalue weighted by atomic mass is 32.1. The molecule has 2 saturated heterocycles. The van der Waals surface area contributed by atoms with Crippen molar-refractivity contribution in [2.24, 2.45) is 11.8 Å². The molecule has 0 bridgehead atoms. The Bertz CT molecular complexity index is 1440. The van der Waals surface area contributed by atoms with Gasteiger partial charge in [0.1, 0.15) is 0 Å². The fourth-order valence-corrected chi connectivity index (χ4v) is 10.1. The highest BCUT2D eigenvalue weighted by molar-refractivity contribution is 7.13. The van der Waals surface area contributed by atoms with Crippen molar-refractivity contribution < 1.29 is 19.2 Å². The molecule has 0 N–H and O–H groups in total. The number of hydrogen-bond donors (Lipinski definition) is 0. The van der Waals surface area contributed by atoms with Crippen molar-refractivity contribution in [1.29, 1.82) is 0 Å². The third kappa shape index (κ3) is 2.61. The number of carbonyl (C=O) groups is 4. The average molecular weight is 531 g/mol. The van der Waals surface area contributed by atoms with Crippen LogP contribution in [0.4, 0.5) is 0 Å². The third-order valence-electron chi connectivity index (χ3n) is 9.72. The topological polar surface area (TPSA) is 74.8 Å². The third-order valence-corrected chi connectivity index (χ3v) is 11.9. The summed E-state index contributed by atoms with van der Waals surface area (Å²) in [7, 11) is 0. The minimum Gasteiger partial charge on any atom is -0.315 e. The van der Waals surface area contributed by atoms with E-state index in [1.807, 2.05) is 9.80 Å². The van der Waals surface area contributed by atoms with Gasteiger partial charge in [-0.3, -0.25) is 19.2 Å². The molecule has 6 nitrogen and oxygen atoms in total. The normalized spacial score (nSPS) is 31.6. The molecule has 37 heavy (non-hydrogen) atoms. The maximum absolute atomic E-state index is 13.3. The average Bonchev–Trinajstić information content (AvgIpc) is 3.46. The number of ketones is 2. The van der Waals surface area contributed by atoms with Gasteiger partial charge in [-0.05, 0) is 78.0 Å². The molecule has 4 aliphatic carbocycles. The molecule has 2 aromatic heterocycles. The van der Waals surface area contributed by atoms with Gasteiger partial charge in [-0.25, -0.2) is 0 Å². The summed E-state index contributed by atoms with van der Waals surface area (Å²) in [6.07, 6.45) is 6.43. The Labute approximate surface area is 222 Å². The Morgan fingerprint density at radius 2 is 1.24 bits per heavy atom. The first-order chi connectivity index (χ1) is 17.8. The van der Waals surface area contributed by atoms with Crippen LogP contribution in [-0.4, -0.2) is 46.3 Å². The van der Waals surface area contributed by atoms with Gasteiger partial charge in [-0.1, -0.05) is 0 Å². The number of rotatable bonds is 4. The van der Waals surface area contributed by atoms with Crippen LogP contribution < -0.4 is 0 Å². The molecular formula is C29H26N2O4S2. The number of carbonyl (C=O) groups excluding carboxylic acids is 4. The molecule has 2 amide bonds. The number of amides is 2. The van der Waals surface area contributed by atoms with E-state index in [4.69, 9.17) is 0 Å². The van der Waals surface area contributed by atoms with Crippen LogP contribution >= 0.6 is 22.7 Å². The first-order valence-corrected chi connectivity index (χ1v) is 14.8. The summed E-state index contributed by atoms with van der Waals surface area (Å²) in [5.41, 5.74) is 6.06. The summed E-state index contributed by atoms with van der Waals surface area (Å²) in [4.78, 5) is 57.4. The molecule has 4 heterocycles. The summed E-state index contributed by atoms with van der Waals surface area (Å²) in [5.74, 6) is 0.795. The number of nitrogens with zero attached hydrogens (tertiary/aromatic N) is 2. The second-order valence-electron chi connectivity index (χ2n) is 11.6. The summed E-state index contributed by atoms with van der Waals surface area (Å²) >= 11 is 3.03. The van der Waals surface area contributed by atoms with E-state index < -0.39 is 0 Å². The second-order valence-corrected chi connectivity index (χ2v) is 13.4. The smallest absolute Gasteiger partial charge is 0.226 e. The zero-order valence-electron chi connectivity index (χ0n) is 20.8. The van der Waals surface area contributed by atoms with E-state index in [-0.39, 0.29) is 47.1 Å². The van der Waals surface area contributed by atoms with Crippen molar-refractivity contribution in [3.8, 4) is 0 Å². The van der Waals surface area contributed by atoms with Crippen molar-refractivity contribution in [2.45, 2.75) is 56.8 Å². The Hall–Kier alpha value is -2.84. The number of fused-ring (bicyclic) bond motifs is 2. The summed E-state index contributed by atoms with van der Waals surface area (Å²) < 4.78 is 0. The molecule has 2 aromatic rings. The molecular weight excluding hydrogens is 504 g/mol. The highest BCUT2D eigenvalue weighted by Gasteiger charge is 2.69. The molecule has 2 unspecified atom stereocenters. The van der Waals surface area contributed by atoms with Gasteiger partial charge in [0, 0.05) is 60.3 Å². The SMILES string of the molecule is Cc1csc2c1C13C[C@@H]1CN(C(=O)CCCC(=O)N1C[C@H]4CC45C1=CC(=O)c1scc(C)c15)C3=CC2=O. The van der Waals surface area contributed by atoms with Crippen LogP contribution in [0.2, 0.25) is 0 Å². The largest absolute Gasteiger partial charge is 0.315 e.